The molecule has 0 bridgehead atoms. The second-order valence-electron chi connectivity index (χ2n) is 5.89. The van der Waals surface area contributed by atoms with Crippen LogP contribution >= 0.6 is 0 Å². The Morgan fingerprint density at radius 1 is 0.655 bits per heavy atom. The summed E-state index contributed by atoms with van der Waals surface area (Å²) in [6, 6.07) is 16.8. The molecule has 29 heavy (non-hydrogen) atoms. The zero-order chi connectivity index (χ0) is 21.2. The van der Waals surface area contributed by atoms with Gasteiger partial charge in [0.05, 0.1) is 13.1 Å². The minimum absolute atomic E-state index is 0.317. The molecule has 152 valence electrons. The van der Waals surface area contributed by atoms with Crippen molar-refractivity contribution in [2.45, 2.75) is 0 Å². The van der Waals surface area contributed by atoms with Crippen molar-refractivity contribution in [3.63, 3.8) is 0 Å². The standard InChI is InChI=1S/C20H22N4O5/c21-11-17(25)23(15-7-3-1-4-8-15)13-19(27)29-20(28)14-24(18(26)12-22)16-9-5-2-6-10-16/h1-10H,11-14,21-22H2. The van der Waals surface area contributed by atoms with Gasteiger partial charge in [-0.2, -0.15) is 0 Å². The van der Waals surface area contributed by atoms with Gasteiger partial charge in [-0.1, -0.05) is 36.4 Å². The molecular weight excluding hydrogens is 376 g/mol. The molecule has 0 aliphatic carbocycles. The number of anilines is 2. The van der Waals surface area contributed by atoms with Crippen LogP contribution < -0.4 is 21.3 Å². The number of amides is 2. The molecule has 0 saturated heterocycles. The van der Waals surface area contributed by atoms with Crippen LogP contribution in [-0.4, -0.2) is 49.9 Å². The highest BCUT2D eigenvalue weighted by molar-refractivity contribution is 6.02. The number of carbonyl (C=O) groups excluding carboxylic acids is 4. The van der Waals surface area contributed by atoms with Crippen LogP contribution in [0.25, 0.3) is 0 Å². The third-order valence-electron chi connectivity index (χ3n) is 3.89. The van der Waals surface area contributed by atoms with Crippen LogP contribution in [0.5, 0.6) is 0 Å². The molecular formula is C20H22N4O5. The Bertz CT molecular complexity index is 786. The fourth-order valence-electron chi connectivity index (χ4n) is 2.53. The first kappa shape index (κ1) is 21.7. The lowest BCUT2D eigenvalue weighted by Crippen LogP contribution is -2.43. The van der Waals surface area contributed by atoms with E-state index in [4.69, 9.17) is 16.2 Å². The molecule has 0 atom stereocenters. The lowest BCUT2D eigenvalue weighted by Gasteiger charge is -2.22. The SMILES string of the molecule is NCC(=O)N(CC(=O)OC(=O)CN(C(=O)CN)c1ccccc1)c1ccccc1. The van der Waals surface area contributed by atoms with Crippen LogP contribution in [0.2, 0.25) is 0 Å². The van der Waals surface area contributed by atoms with Gasteiger partial charge in [0.25, 0.3) is 0 Å². The Morgan fingerprint density at radius 3 is 1.31 bits per heavy atom. The summed E-state index contributed by atoms with van der Waals surface area (Å²) in [5, 5.41) is 0. The maximum Gasteiger partial charge on any atom is 0.333 e. The molecule has 2 aromatic carbocycles. The molecule has 0 aliphatic heterocycles. The van der Waals surface area contributed by atoms with E-state index < -0.39 is 36.8 Å². The number of benzene rings is 2. The van der Waals surface area contributed by atoms with Crippen molar-refractivity contribution in [1.29, 1.82) is 0 Å². The van der Waals surface area contributed by atoms with E-state index >= 15 is 0 Å². The highest BCUT2D eigenvalue weighted by Crippen LogP contribution is 2.15. The van der Waals surface area contributed by atoms with Gasteiger partial charge in [0.15, 0.2) is 0 Å². The van der Waals surface area contributed by atoms with E-state index in [1.54, 1.807) is 60.7 Å². The van der Waals surface area contributed by atoms with Gasteiger partial charge >= 0.3 is 11.9 Å². The van der Waals surface area contributed by atoms with Gasteiger partial charge in [0.2, 0.25) is 11.8 Å². The van der Waals surface area contributed by atoms with E-state index in [-0.39, 0.29) is 13.1 Å². The number of hydrogen-bond donors (Lipinski definition) is 2. The average molecular weight is 398 g/mol. The Morgan fingerprint density at radius 2 is 1.00 bits per heavy atom. The average Bonchev–Trinajstić information content (AvgIpc) is 2.76. The number of carbonyl (C=O) groups is 4. The van der Waals surface area contributed by atoms with Gasteiger partial charge < -0.3 is 26.0 Å². The van der Waals surface area contributed by atoms with Crippen molar-refractivity contribution in [3.8, 4) is 0 Å². The molecule has 2 rings (SSSR count). The fourth-order valence-corrected chi connectivity index (χ4v) is 2.53. The Labute approximate surface area is 167 Å². The first-order valence-corrected chi connectivity index (χ1v) is 8.80. The second-order valence-corrected chi connectivity index (χ2v) is 5.89. The molecule has 0 aliphatic rings. The van der Waals surface area contributed by atoms with E-state index in [0.29, 0.717) is 11.4 Å². The van der Waals surface area contributed by atoms with Crippen molar-refractivity contribution >= 4 is 35.1 Å². The summed E-state index contributed by atoms with van der Waals surface area (Å²) in [4.78, 5) is 50.8. The summed E-state index contributed by atoms with van der Waals surface area (Å²) in [6.45, 7) is -1.63. The number of hydrogen-bond acceptors (Lipinski definition) is 7. The summed E-state index contributed by atoms with van der Waals surface area (Å²) in [7, 11) is 0. The van der Waals surface area contributed by atoms with Crippen molar-refractivity contribution in [3.05, 3.63) is 60.7 Å². The quantitative estimate of drug-likeness (QED) is 0.473. The molecule has 0 spiro atoms. The van der Waals surface area contributed by atoms with Crippen molar-refractivity contribution in [1.82, 2.24) is 0 Å². The molecule has 4 N–H and O–H groups in total. The minimum atomic E-state index is -0.950. The Kier molecular flexibility index (Phi) is 8.01. The van der Waals surface area contributed by atoms with Crippen LogP contribution in [0.15, 0.2) is 60.7 Å². The predicted molar refractivity (Wildman–Crippen MR) is 107 cm³/mol. The number of ether oxygens (including phenoxy) is 1. The van der Waals surface area contributed by atoms with Gasteiger partial charge in [-0.3, -0.25) is 9.59 Å². The summed E-state index contributed by atoms with van der Waals surface area (Å²) in [6.07, 6.45) is 0. The van der Waals surface area contributed by atoms with Gasteiger partial charge in [-0.25, -0.2) is 9.59 Å². The van der Waals surface area contributed by atoms with Crippen LogP contribution in [0.3, 0.4) is 0 Å². The van der Waals surface area contributed by atoms with Gasteiger partial charge in [-0.05, 0) is 24.3 Å². The Balaban J connectivity index is 2.05. The molecule has 9 heteroatoms. The summed E-state index contributed by atoms with van der Waals surface area (Å²) in [5.74, 6) is -2.92. The summed E-state index contributed by atoms with van der Waals surface area (Å²) < 4.78 is 4.80. The number of rotatable bonds is 8. The number of nitrogens with zero attached hydrogens (tertiary/aromatic N) is 2. The molecule has 0 radical (unpaired) electrons. The van der Waals surface area contributed by atoms with Gasteiger partial charge in [-0.15, -0.1) is 0 Å². The van der Waals surface area contributed by atoms with Crippen molar-refractivity contribution in [2.24, 2.45) is 11.5 Å². The molecule has 0 aromatic heterocycles. The first-order chi connectivity index (χ1) is 14.0. The normalized spacial score (nSPS) is 10.1. The van der Waals surface area contributed by atoms with Crippen LogP contribution in [0.1, 0.15) is 0 Å². The van der Waals surface area contributed by atoms with Crippen LogP contribution in [0.4, 0.5) is 11.4 Å². The molecule has 2 amide bonds. The molecule has 0 heterocycles. The Hall–Kier alpha value is -3.56. The third kappa shape index (κ3) is 6.23. The maximum absolute atomic E-state index is 12.2. The number of nitrogens with two attached hydrogens (primary N) is 2. The molecule has 0 saturated carbocycles. The van der Waals surface area contributed by atoms with Crippen molar-refractivity contribution in [2.75, 3.05) is 36.0 Å². The first-order valence-electron chi connectivity index (χ1n) is 8.80. The molecule has 9 nitrogen and oxygen atoms in total. The topological polar surface area (TPSA) is 136 Å². The third-order valence-corrected chi connectivity index (χ3v) is 3.89. The number of esters is 2. The lowest BCUT2D eigenvalue weighted by atomic mass is 10.2. The predicted octanol–water partition coefficient (Wildman–Crippen LogP) is 0.0400. The lowest BCUT2D eigenvalue weighted by molar-refractivity contribution is -0.158. The van der Waals surface area contributed by atoms with E-state index in [0.717, 1.165) is 9.80 Å². The van der Waals surface area contributed by atoms with Crippen LogP contribution in [-0.2, 0) is 23.9 Å². The zero-order valence-corrected chi connectivity index (χ0v) is 15.7. The second kappa shape index (κ2) is 10.7. The fraction of sp³-hybridized carbons (Fsp3) is 0.200. The van der Waals surface area contributed by atoms with E-state index in [1.807, 2.05) is 0 Å². The van der Waals surface area contributed by atoms with Crippen molar-refractivity contribution < 1.29 is 23.9 Å². The number of para-hydroxylation sites is 2. The van der Waals surface area contributed by atoms with Gasteiger partial charge in [0.1, 0.15) is 13.1 Å². The van der Waals surface area contributed by atoms with E-state index in [2.05, 4.69) is 0 Å². The molecule has 2 aromatic rings. The highest BCUT2D eigenvalue weighted by atomic mass is 16.6. The van der Waals surface area contributed by atoms with E-state index in [9.17, 15) is 19.2 Å². The van der Waals surface area contributed by atoms with E-state index in [1.165, 1.54) is 0 Å². The minimum Gasteiger partial charge on any atom is -0.390 e. The largest absolute Gasteiger partial charge is 0.390 e. The zero-order valence-electron chi connectivity index (χ0n) is 15.7. The van der Waals surface area contributed by atoms with Crippen LogP contribution in [0, 0.1) is 0 Å². The highest BCUT2D eigenvalue weighted by Gasteiger charge is 2.23. The summed E-state index contributed by atoms with van der Waals surface area (Å²) in [5.41, 5.74) is 11.7. The summed E-state index contributed by atoms with van der Waals surface area (Å²) >= 11 is 0. The molecule has 0 fully saturated rings. The smallest absolute Gasteiger partial charge is 0.333 e. The monoisotopic (exact) mass is 398 g/mol. The maximum atomic E-state index is 12.2. The van der Waals surface area contributed by atoms with Gasteiger partial charge in [0, 0.05) is 11.4 Å². The molecule has 0 unspecified atom stereocenters.